The van der Waals surface area contributed by atoms with Gasteiger partial charge in [0.25, 0.3) is 5.91 Å². The molecule has 3 amide bonds. The Kier molecular flexibility index (Phi) is 8.72. The Morgan fingerprint density at radius 2 is 1.26 bits per heavy atom. The zero-order chi connectivity index (χ0) is 25.2. The minimum Gasteiger partial charge on any atom is -0.480 e. The van der Waals surface area contributed by atoms with Gasteiger partial charge in [0.15, 0.2) is 0 Å². The molecule has 0 spiro atoms. The van der Waals surface area contributed by atoms with E-state index in [4.69, 9.17) is 0 Å². The van der Waals surface area contributed by atoms with Crippen LogP contribution in [0.4, 0.5) is 5.69 Å². The Balaban J connectivity index is 1.78. The molecule has 3 aromatic rings. The summed E-state index contributed by atoms with van der Waals surface area (Å²) in [6.45, 7) is 1.40. The number of anilines is 1. The summed E-state index contributed by atoms with van der Waals surface area (Å²) in [5.41, 5.74) is 2.47. The number of nitrogens with one attached hydrogen (secondary N) is 3. The molecule has 3 aromatic carbocycles. The molecule has 0 aliphatic heterocycles. The van der Waals surface area contributed by atoms with Crippen molar-refractivity contribution in [2.24, 2.45) is 0 Å². The van der Waals surface area contributed by atoms with E-state index in [1.807, 2.05) is 6.07 Å². The average Bonchev–Trinajstić information content (AvgIpc) is 2.85. The molecule has 0 fully saturated rings. The lowest BCUT2D eigenvalue weighted by Crippen LogP contribution is -2.53. The summed E-state index contributed by atoms with van der Waals surface area (Å²) >= 11 is 0. The van der Waals surface area contributed by atoms with E-state index in [0.29, 0.717) is 11.3 Å². The number of hydrogen-bond donors (Lipinski definition) is 4. The van der Waals surface area contributed by atoms with Gasteiger partial charge >= 0.3 is 5.97 Å². The Bertz CT molecular complexity index is 1160. The van der Waals surface area contributed by atoms with Gasteiger partial charge in [-0.3, -0.25) is 14.4 Å². The van der Waals surface area contributed by atoms with Crippen molar-refractivity contribution in [2.45, 2.75) is 31.8 Å². The fourth-order valence-electron chi connectivity index (χ4n) is 3.53. The molecule has 3 rings (SSSR count). The van der Waals surface area contributed by atoms with E-state index in [1.54, 1.807) is 78.9 Å². The topological polar surface area (TPSA) is 125 Å². The van der Waals surface area contributed by atoms with E-state index in [1.165, 1.54) is 6.92 Å². The fraction of sp³-hybridized carbons (Fsp3) is 0.185. The molecule has 0 saturated carbocycles. The highest BCUT2D eigenvalue weighted by Gasteiger charge is 2.27. The van der Waals surface area contributed by atoms with E-state index >= 15 is 0 Å². The molecule has 180 valence electrons. The van der Waals surface area contributed by atoms with Gasteiger partial charge in [0.05, 0.1) is 0 Å². The highest BCUT2D eigenvalue weighted by Crippen LogP contribution is 2.13. The van der Waals surface area contributed by atoms with Crippen molar-refractivity contribution >= 4 is 29.4 Å². The zero-order valence-corrected chi connectivity index (χ0v) is 19.2. The van der Waals surface area contributed by atoms with Crippen molar-refractivity contribution in [3.8, 4) is 0 Å². The summed E-state index contributed by atoms with van der Waals surface area (Å²) in [5, 5.41) is 17.6. The van der Waals surface area contributed by atoms with Gasteiger partial charge in [-0.25, -0.2) is 4.79 Å². The number of benzene rings is 3. The first-order chi connectivity index (χ1) is 16.8. The van der Waals surface area contributed by atoms with Crippen LogP contribution in [-0.4, -0.2) is 40.9 Å². The predicted octanol–water partition coefficient (Wildman–Crippen LogP) is 2.80. The largest absolute Gasteiger partial charge is 0.480 e. The van der Waals surface area contributed by atoms with Gasteiger partial charge in [0.2, 0.25) is 11.8 Å². The SMILES string of the molecule is CC(=O)Nc1ccc(C[C@H](NC(=O)c2ccccc2)C(=O)N[C@@H](Cc2ccccc2)C(=O)O)cc1. The molecule has 0 aliphatic carbocycles. The van der Waals surface area contributed by atoms with Crippen molar-refractivity contribution in [3.05, 3.63) is 102 Å². The van der Waals surface area contributed by atoms with Crippen LogP contribution in [0.1, 0.15) is 28.4 Å². The molecule has 0 radical (unpaired) electrons. The van der Waals surface area contributed by atoms with E-state index < -0.39 is 29.9 Å². The highest BCUT2D eigenvalue weighted by molar-refractivity contribution is 5.98. The number of carboxylic acids is 1. The number of carboxylic acid groups (broad SMARTS) is 1. The van der Waals surface area contributed by atoms with Crippen LogP contribution in [0, 0.1) is 0 Å². The smallest absolute Gasteiger partial charge is 0.326 e. The molecule has 4 N–H and O–H groups in total. The molecule has 8 heteroatoms. The molecule has 8 nitrogen and oxygen atoms in total. The quantitative estimate of drug-likeness (QED) is 0.360. The maximum absolute atomic E-state index is 13.2. The van der Waals surface area contributed by atoms with Crippen LogP contribution in [0.25, 0.3) is 0 Å². The molecule has 2 atom stereocenters. The minimum atomic E-state index is -1.17. The monoisotopic (exact) mass is 473 g/mol. The first-order valence-corrected chi connectivity index (χ1v) is 11.1. The van der Waals surface area contributed by atoms with Crippen LogP contribution in [-0.2, 0) is 27.2 Å². The van der Waals surface area contributed by atoms with Gasteiger partial charge in [0.1, 0.15) is 12.1 Å². The third kappa shape index (κ3) is 7.82. The zero-order valence-electron chi connectivity index (χ0n) is 19.2. The Hall–Kier alpha value is -4.46. The van der Waals surface area contributed by atoms with Crippen LogP contribution < -0.4 is 16.0 Å². The minimum absolute atomic E-state index is 0.104. The van der Waals surface area contributed by atoms with E-state index in [0.717, 1.165) is 11.1 Å². The van der Waals surface area contributed by atoms with Gasteiger partial charge in [0, 0.05) is 31.0 Å². The second-order valence-electron chi connectivity index (χ2n) is 8.06. The van der Waals surface area contributed by atoms with Crippen LogP contribution in [0.2, 0.25) is 0 Å². The first-order valence-electron chi connectivity index (χ1n) is 11.1. The molecule has 35 heavy (non-hydrogen) atoms. The normalized spacial score (nSPS) is 12.1. The number of amides is 3. The average molecular weight is 474 g/mol. The summed E-state index contributed by atoms with van der Waals surface area (Å²) in [4.78, 5) is 49.1. The van der Waals surface area contributed by atoms with Crippen LogP contribution in [0.3, 0.4) is 0 Å². The lowest BCUT2D eigenvalue weighted by molar-refractivity contribution is -0.142. The maximum Gasteiger partial charge on any atom is 0.326 e. The van der Waals surface area contributed by atoms with E-state index in [9.17, 15) is 24.3 Å². The first kappa shape index (κ1) is 25.2. The number of hydrogen-bond acceptors (Lipinski definition) is 4. The number of carbonyl (C=O) groups is 4. The van der Waals surface area contributed by atoms with Crippen LogP contribution >= 0.6 is 0 Å². The highest BCUT2D eigenvalue weighted by atomic mass is 16.4. The molecule has 0 aliphatic rings. The maximum atomic E-state index is 13.2. The van der Waals surface area contributed by atoms with Gasteiger partial charge in [-0.1, -0.05) is 60.7 Å². The third-order valence-electron chi connectivity index (χ3n) is 5.27. The van der Waals surface area contributed by atoms with Crippen molar-refractivity contribution < 1.29 is 24.3 Å². The van der Waals surface area contributed by atoms with Crippen LogP contribution in [0.5, 0.6) is 0 Å². The fourth-order valence-corrected chi connectivity index (χ4v) is 3.53. The van der Waals surface area contributed by atoms with Crippen molar-refractivity contribution in [1.29, 1.82) is 0 Å². The Morgan fingerprint density at radius 1 is 0.714 bits per heavy atom. The molecular weight excluding hydrogens is 446 g/mol. The standard InChI is InChI=1S/C27H27N3O5/c1-18(31)28-22-14-12-20(13-15-22)16-23(29-25(32)21-10-6-3-7-11-21)26(33)30-24(27(34)35)17-19-8-4-2-5-9-19/h2-15,23-24H,16-17H2,1H3,(H,28,31)(H,29,32)(H,30,33)(H,34,35)/t23-,24-/m0/s1. The summed E-state index contributed by atoms with van der Waals surface area (Å²) in [6, 6.07) is 22.1. The van der Waals surface area contributed by atoms with Gasteiger partial charge in [-0.15, -0.1) is 0 Å². The van der Waals surface area contributed by atoms with Gasteiger partial charge in [-0.05, 0) is 35.4 Å². The van der Waals surface area contributed by atoms with Crippen molar-refractivity contribution in [1.82, 2.24) is 10.6 Å². The summed E-state index contributed by atoms with van der Waals surface area (Å²) in [6.07, 6.45) is 0.231. The molecular formula is C27H27N3O5. The van der Waals surface area contributed by atoms with E-state index in [2.05, 4.69) is 16.0 Å². The van der Waals surface area contributed by atoms with Gasteiger partial charge in [-0.2, -0.15) is 0 Å². The number of aliphatic carboxylic acids is 1. The van der Waals surface area contributed by atoms with Crippen molar-refractivity contribution in [2.75, 3.05) is 5.32 Å². The second-order valence-corrected chi connectivity index (χ2v) is 8.06. The summed E-state index contributed by atoms with van der Waals surface area (Å²) < 4.78 is 0. The van der Waals surface area contributed by atoms with Crippen LogP contribution in [0.15, 0.2) is 84.9 Å². The Labute approximate surface area is 203 Å². The second kappa shape index (κ2) is 12.1. The lowest BCUT2D eigenvalue weighted by Gasteiger charge is -2.22. The summed E-state index contributed by atoms with van der Waals surface area (Å²) in [7, 11) is 0. The molecule has 0 saturated heterocycles. The molecule has 0 heterocycles. The lowest BCUT2D eigenvalue weighted by atomic mass is 10.0. The predicted molar refractivity (Wildman–Crippen MR) is 132 cm³/mol. The van der Waals surface area contributed by atoms with E-state index in [-0.39, 0.29) is 18.7 Å². The molecule has 0 bridgehead atoms. The summed E-state index contributed by atoms with van der Waals surface area (Å²) in [5.74, 6) is -2.43. The van der Waals surface area contributed by atoms with Gasteiger partial charge < -0.3 is 21.1 Å². The Morgan fingerprint density at radius 3 is 1.83 bits per heavy atom. The van der Waals surface area contributed by atoms with Crippen molar-refractivity contribution in [3.63, 3.8) is 0 Å². The molecule has 0 unspecified atom stereocenters. The third-order valence-corrected chi connectivity index (χ3v) is 5.27. The number of rotatable bonds is 10. The number of carbonyl (C=O) groups excluding carboxylic acids is 3. The molecule has 0 aromatic heterocycles.